The maximum absolute atomic E-state index is 13.8. The molecule has 1 amide bonds. The fraction of sp³-hybridized carbons (Fsp3) is 0.258. The van der Waals surface area contributed by atoms with E-state index in [4.69, 9.17) is 4.98 Å². The number of hydrogen-bond acceptors (Lipinski definition) is 6. The number of carbonyl (C=O) groups excluding carboxylic acids is 1. The number of carbonyl (C=O) groups is 1. The van der Waals surface area contributed by atoms with Gasteiger partial charge in [0.15, 0.2) is 0 Å². The second-order valence-corrected chi connectivity index (χ2v) is 9.96. The van der Waals surface area contributed by atoms with Crippen molar-refractivity contribution >= 4 is 29.0 Å². The van der Waals surface area contributed by atoms with Crippen molar-refractivity contribution in [1.29, 1.82) is 0 Å². The Labute approximate surface area is 228 Å². The van der Waals surface area contributed by atoms with Crippen LogP contribution in [0.15, 0.2) is 79.0 Å². The van der Waals surface area contributed by atoms with Crippen molar-refractivity contribution in [1.82, 2.24) is 15.3 Å². The zero-order valence-electron chi connectivity index (χ0n) is 22.2. The number of aromatic nitrogens is 2. The normalized spacial score (nSPS) is 13.5. The fourth-order valence-corrected chi connectivity index (χ4v) is 4.65. The zero-order valence-corrected chi connectivity index (χ0v) is 22.2. The number of rotatable bonds is 11. The number of amides is 1. The largest absolute Gasteiger partial charge is 0.369 e. The van der Waals surface area contributed by atoms with Crippen molar-refractivity contribution in [3.8, 4) is 11.1 Å². The van der Waals surface area contributed by atoms with Crippen LogP contribution in [-0.4, -0.2) is 36.0 Å². The van der Waals surface area contributed by atoms with Gasteiger partial charge in [-0.2, -0.15) is 4.98 Å². The summed E-state index contributed by atoms with van der Waals surface area (Å²) in [6.07, 6.45) is 4.17. The lowest BCUT2D eigenvalue weighted by atomic mass is 9.94. The van der Waals surface area contributed by atoms with E-state index < -0.39 is 5.41 Å². The second-order valence-electron chi connectivity index (χ2n) is 9.96. The number of halogens is 1. The maximum Gasteiger partial charge on any atom is 0.235 e. The van der Waals surface area contributed by atoms with Crippen molar-refractivity contribution in [2.75, 3.05) is 36.1 Å². The topological polar surface area (TPSA) is 91.0 Å². The standard InChI is InChI=1S/C31H33FN6O/c1-21-6-3-9-26(18-21)37-30-35-20-27(28(38-30)34-17-5-16-33-2)22-10-12-25(13-11-22)36-29(39)31(14-15-31)23-7-4-8-24(32)19-23/h3-4,6-13,18-20,33H,5,14-17H2,1-2H3,(H,36,39)(H2,34,35,37,38). The van der Waals surface area contributed by atoms with Gasteiger partial charge in [-0.15, -0.1) is 0 Å². The Morgan fingerprint density at radius 1 is 0.974 bits per heavy atom. The quantitative estimate of drug-likeness (QED) is 0.179. The van der Waals surface area contributed by atoms with Crippen LogP contribution in [0.4, 0.5) is 27.5 Å². The summed E-state index contributed by atoms with van der Waals surface area (Å²) in [5, 5.41) is 12.9. The summed E-state index contributed by atoms with van der Waals surface area (Å²) < 4.78 is 13.8. The van der Waals surface area contributed by atoms with Crippen LogP contribution in [0.1, 0.15) is 30.4 Å². The van der Waals surface area contributed by atoms with Crippen LogP contribution in [0.2, 0.25) is 0 Å². The van der Waals surface area contributed by atoms with Crippen molar-refractivity contribution in [3.05, 3.63) is 95.9 Å². The van der Waals surface area contributed by atoms with Crippen LogP contribution in [0.25, 0.3) is 11.1 Å². The summed E-state index contributed by atoms with van der Waals surface area (Å²) in [6.45, 7) is 3.69. The molecule has 1 saturated carbocycles. The van der Waals surface area contributed by atoms with Crippen LogP contribution >= 0.6 is 0 Å². The van der Waals surface area contributed by atoms with E-state index >= 15 is 0 Å². The minimum atomic E-state index is -0.654. The molecule has 7 nitrogen and oxygen atoms in total. The van der Waals surface area contributed by atoms with Crippen molar-refractivity contribution in [3.63, 3.8) is 0 Å². The molecular weight excluding hydrogens is 491 g/mol. The van der Waals surface area contributed by atoms with Crippen molar-refractivity contribution in [2.45, 2.75) is 31.6 Å². The van der Waals surface area contributed by atoms with Crippen molar-refractivity contribution < 1.29 is 9.18 Å². The zero-order chi connectivity index (χ0) is 27.2. The Bertz CT molecular complexity index is 1450. The SMILES string of the molecule is CNCCCNc1nc(Nc2cccc(C)c2)ncc1-c1ccc(NC(=O)C2(c3cccc(F)c3)CC2)cc1. The summed E-state index contributed by atoms with van der Waals surface area (Å²) in [7, 11) is 1.93. The highest BCUT2D eigenvalue weighted by atomic mass is 19.1. The summed E-state index contributed by atoms with van der Waals surface area (Å²) in [4.78, 5) is 22.5. The molecule has 3 aromatic carbocycles. The first-order chi connectivity index (χ1) is 19.0. The Morgan fingerprint density at radius 3 is 2.49 bits per heavy atom. The molecule has 0 radical (unpaired) electrons. The first kappa shape index (κ1) is 26.3. The van der Waals surface area contributed by atoms with E-state index in [0.29, 0.717) is 24.5 Å². The fourth-order valence-electron chi connectivity index (χ4n) is 4.65. The van der Waals surface area contributed by atoms with E-state index in [1.54, 1.807) is 6.07 Å². The highest BCUT2D eigenvalue weighted by molar-refractivity contribution is 6.01. The Morgan fingerprint density at radius 2 is 1.77 bits per heavy atom. The molecule has 1 heterocycles. The molecule has 0 bridgehead atoms. The smallest absolute Gasteiger partial charge is 0.235 e. The molecule has 0 aliphatic heterocycles. The number of benzene rings is 3. The van der Waals surface area contributed by atoms with Gasteiger partial charge in [-0.25, -0.2) is 9.37 Å². The molecule has 0 saturated heterocycles. The van der Waals surface area contributed by atoms with E-state index in [2.05, 4.69) is 26.3 Å². The molecule has 4 N–H and O–H groups in total. The van der Waals surface area contributed by atoms with E-state index in [-0.39, 0.29) is 11.7 Å². The number of nitrogens with zero attached hydrogens (tertiary/aromatic N) is 2. The molecule has 8 heteroatoms. The number of aryl methyl sites for hydroxylation is 1. The van der Waals surface area contributed by atoms with E-state index in [1.165, 1.54) is 12.1 Å². The number of anilines is 4. The van der Waals surface area contributed by atoms with Gasteiger partial charge in [0.2, 0.25) is 11.9 Å². The lowest BCUT2D eigenvalue weighted by Gasteiger charge is -2.17. The summed E-state index contributed by atoms with van der Waals surface area (Å²) in [5.74, 6) is 0.809. The van der Waals surface area contributed by atoms with Crippen LogP contribution in [0.5, 0.6) is 0 Å². The van der Waals surface area contributed by atoms with Crippen LogP contribution < -0.4 is 21.3 Å². The minimum Gasteiger partial charge on any atom is -0.369 e. The van der Waals surface area contributed by atoms with Gasteiger partial charge in [0.25, 0.3) is 0 Å². The first-order valence-corrected chi connectivity index (χ1v) is 13.2. The van der Waals surface area contributed by atoms with Gasteiger partial charge in [-0.1, -0.05) is 36.4 Å². The van der Waals surface area contributed by atoms with Crippen LogP contribution in [0, 0.1) is 12.7 Å². The summed E-state index contributed by atoms with van der Waals surface area (Å²) in [5.41, 5.74) is 4.63. The molecule has 39 heavy (non-hydrogen) atoms. The van der Waals surface area contributed by atoms with Gasteiger partial charge in [-0.05, 0) is 92.9 Å². The second kappa shape index (κ2) is 11.6. The molecule has 5 rings (SSSR count). The molecule has 1 aliphatic rings. The van der Waals surface area contributed by atoms with E-state index in [1.807, 2.05) is 74.8 Å². The molecule has 200 valence electrons. The lowest BCUT2D eigenvalue weighted by Crippen LogP contribution is -2.27. The van der Waals surface area contributed by atoms with Crippen molar-refractivity contribution in [2.24, 2.45) is 0 Å². The highest BCUT2D eigenvalue weighted by Crippen LogP contribution is 2.49. The number of nitrogens with one attached hydrogen (secondary N) is 4. The molecule has 0 spiro atoms. The molecule has 1 aromatic heterocycles. The Hall–Kier alpha value is -4.30. The highest BCUT2D eigenvalue weighted by Gasteiger charge is 2.51. The van der Waals surface area contributed by atoms with Gasteiger partial charge < -0.3 is 21.3 Å². The van der Waals surface area contributed by atoms with Gasteiger partial charge in [0, 0.05) is 29.7 Å². The van der Waals surface area contributed by atoms with E-state index in [0.717, 1.165) is 53.3 Å². The monoisotopic (exact) mass is 524 g/mol. The van der Waals surface area contributed by atoms with Crippen LogP contribution in [0.3, 0.4) is 0 Å². The average Bonchev–Trinajstić information content (AvgIpc) is 3.74. The third-order valence-electron chi connectivity index (χ3n) is 6.97. The molecule has 1 aliphatic carbocycles. The van der Waals surface area contributed by atoms with Gasteiger partial charge >= 0.3 is 0 Å². The predicted octanol–water partition coefficient (Wildman–Crippen LogP) is 6.03. The predicted molar refractivity (Wildman–Crippen MR) is 155 cm³/mol. The van der Waals surface area contributed by atoms with Gasteiger partial charge in [-0.3, -0.25) is 4.79 Å². The van der Waals surface area contributed by atoms with E-state index in [9.17, 15) is 9.18 Å². The average molecular weight is 525 g/mol. The molecule has 0 unspecified atom stereocenters. The Kier molecular flexibility index (Phi) is 7.84. The minimum absolute atomic E-state index is 0.109. The lowest BCUT2D eigenvalue weighted by molar-refractivity contribution is -0.118. The first-order valence-electron chi connectivity index (χ1n) is 13.2. The van der Waals surface area contributed by atoms with Gasteiger partial charge in [0.1, 0.15) is 11.6 Å². The molecule has 0 atom stereocenters. The molecule has 1 fully saturated rings. The molecular formula is C31H33FN6O. The van der Waals surface area contributed by atoms with Crippen LogP contribution in [-0.2, 0) is 10.2 Å². The maximum atomic E-state index is 13.8. The number of hydrogen-bond donors (Lipinski definition) is 4. The third-order valence-corrected chi connectivity index (χ3v) is 6.97. The summed E-state index contributed by atoms with van der Waals surface area (Å²) in [6, 6.07) is 22.0. The Balaban J connectivity index is 1.33. The molecule has 4 aromatic rings. The van der Waals surface area contributed by atoms with Gasteiger partial charge in [0.05, 0.1) is 5.41 Å². The third kappa shape index (κ3) is 6.23. The summed E-state index contributed by atoms with van der Waals surface area (Å²) >= 11 is 0.